The van der Waals surface area contributed by atoms with E-state index in [9.17, 15) is 13.2 Å². The van der Waals surface area contributed by atoms with E-state index < -0.39 is 10.1 Å². The second-order valence-electron chi connectivity index (χ2n) is 8.34. The minimum absolute atomic E-state index is 0.0117. The van der Waals surface area contributed by atoms with Crippen molar-refractivity contribution in [2.24, 2.45) is 0 Å². The molecule has 3 aromatic carbocycles. The maximum atomic E-state index is 12.9. The average Bonchev–Trinajstić information content (AvgIpc) is 3.15. The number of hydrogen-bond donors (Lipinski definition) is 0. The molecule has 1 amide bonds. The Morgan fingerprint density at radius 2 is 1.64 bits per heavy atom. The molecule has 0 saturated carbocycles. The summed E-state index contributed by atoms with van der Waals surface area (Å²) in [6, 6.07) is 21.7. The number of fused-ring (bicyclic) bond motifs is 4. The lowest BCUT2D eigenvalue weighted by molar-refractivity contribution is 0.0953. The topological polar surface area (TPSA) is 72.9 Å². The van der Waals surface area contributed by atoms with Gasteiger partial charge in [-0.05, 0) is 58.9 Å². The van der Waals surface area contributed by atoms with Gasteiger partial charge in [0, 0.05) is 19.0 Å². The Morgan fingerprint density at radius 1 is 0.970 bits per heavy atom. The molecule has 170 valence electrons. The number of amides is 1. The number of hydrogen-bond acceptors (Lipinski definition) is 5. The van der Waals surface area contributed by atoms with Crippen LogP contribution in [-0.4, -0.2) is 38.3 Å². The van der Waals surface area contributed by atoms with E-state index in [1.54, 1.807) is 17.0 Å². The maximum absolute atomic E-state index is 12.9. The molecule has 1 aliphatic heterocycles. The van der Waals surface area contributed by atoms with Crippen molar-refractivity contribution in [1.82, 2.24) is 4.90 Å². The second kappa shape index (κ2) is 8.56. The highest BCUT2D eigenvalue weighted by Gasteiger charge is 2.30. The summed E-state index contributed by atoms with van der Waals surface area (Å²) in [6.45, 7) is 2.72. The van der Waals surface area contributed by atoms with Crippen LogP contribution in [0.15, 0.2) is 66.7 Å². The molecule has 0 N–H and O–H groups in total. The highest BCUT2D eigenvalue weighted by Crippen LogP contribution is 2.44. The van der Waals surface area contributed by atoms with Crippen molar-refractivity contribution in [3.8, 4) is 16.9 Å². The van der Waals surface area contributed by atoms with Crippen LogP contribution in [0.5, 0.6) is 5.75 Å². The van der Waals surface area contributed by atoms with E-state index in [2.05, 4.69) is 24.3 Å². The molecule has 0 spiro atoms. The van der Waals surface area contributed by atoms with Crippen LogP contribution < -0.4 is 4.18 Å². The second-order valence-corrected chi connectivity index (χ2v) is 10.2. The zero-order valence-electron chi connectivity index (χ0n) is 18.4. The molecular weight excluding hydrogens is 438 g/mol. The molecule has 7 heteroatoms. The van der Waals surface area contributed by atoms with Crippen LogP contribution in [0, 0.1) is 0 Å². The normalized spacial score (nSPS) is 14.9. The van der Waals surface area contributed by atoms with Crippen molar-refractivity contribution in [1.29, 1.82) is 0 Å². The van der Waals surface area contributed by atoms with E-state index in [1.165, 1.54) is 29.2 Å². The molecule has 0 aromatic heterocycles. The van der Waals surface area contributed by atoms with E-state index in [0.717, 1.165) is 11.1 Å². The molecule has 0 saturated heterocycles. The summed E-state index contributed by atoms with van der Waals surface area (Å²) < 4.78 is 34.5. The molecule has 0 bridgehead atoms. The fourth-order valence-corrected chi connectivity index (χ4v) is 5.15. The predicted molar refractivity (Wildman–Crippen MR) is 126 cm³/mol. The number of carbonyl (C=O) groups is 1. The molecule has 0 unspecified atom stereocenters. The molecule has 0 atom stereocenters. The van der Waals surface area contributed by atoms with Gasteiger partial charge in [0.15, 0.2) is 0 Å². The van der Waals surface area contributed by atoms with Crippen molar-refractivity contribution < 1.29 is 22.1 Å². The summed E-state index contributed by atoms with van der Waals surface area (Å²) in [7, 11) is -3.60. The van der Waals surface area contributed by atoms with E-state index >= 15 is 0 Å². The van der Waals surface area contributed by atoms with Gasteiger partial charge in [-0.2, -0.15) is 8.42 Å². The molecule has 1 aliphatic carbocycles. The molecular formula is C26H25NO5S. The van der Waals surface area contributed by atoms with Crippen molar-refractivity contribution in [2.75, 3.05) is 18.9 Å². The van der Waals surface area contributed by atoms with Gasteiger partial charge in [-0.15, -0.1) is 0 Å². The fourth-order valence-electron chi connectivity index (χ4n) is 4.63. The average molecular weight is 464 g/mol. The monoisotopic (exact) mass is 463 g/mol. The minimum atomic E-state index is -3.60. The molecule has 2 aliphatic rings. The Morgan fingerprint density at radius 3 is 2.30 bits per heavy atom. The first-order valence-electron chi connectivity index (χ1n) is 11.1. The maximum Gasteiger partial charge on any atom is 0.410 e. The fraction of sp³-hybridized carbons (Fsp3) is 0.269. The SMILES string of the molecule is CCS(=O)(=O)Oc1ccc2c(c1)CN(C(=O)OCC1c3ccccc3-c3ccccc31)CC2. The third kappa shape index (κ3) is 4.20. The summed E-state index contributed by atoms with van der Waals surface area (Å²) in [4.78, 5) is 14.6. The van der Waals surface area contributed by atoms with Gasteiger partial charge >= 0.3 is 16.2 Å². The van der Waals surface area contributed by atoms with Crippen LogP contribution in [0.25, 0.3) is 11.1 Å². The Balaban J connectivity index is 1.29. The molecule has 0 fully saturated rings. The van der Waals surface area contributed by atoms with Gasteiger partial charge in [0.2, 0.25) is 0 Å². The zero-order chi connectivity index (χ0) is 23.0. The molecule has 0 radical (unpaired) electrons. The molecule has 3 aromatic rings. The summed E-state index contributed by atoms with van der Waals surface area (Å²) >= 11 is 0. The number of carbonyl (C=O) groups excluding carboxylic acids is 1. The Hall–Kier alpha value is -3.32. The molecule has 6 nitrogen and oxygen atoms in total. The van der Waals surface area contributed by atoms with Gasteiger partial charge in [0.25, 0.3) is 0 Å². The summed E-state index contributed by atoms with van der Waals surface area (Å²) in [6.07, 6.45) is 0.315. The number of benzene rings is 3. The zero-order valence-corrected chi connectivity index (χ0v) is 19.2. The summed E-state index contributed by atoms with van der Waals surface area (Å²) in [5, 5.41) is 0. The van der Waals surface area contributed by atoms with Crippen molar-refractivity contribution >= 4 is 16.2 Å². The Kier molecular flexibility index (Phi) is 5.58. The number of ether oxygens (including phenoxy) is 1. The predicted octanol–water partition coefficient (Wildman–Crippen LogP) is 4.72. The smallest absolute Gasteiger partial charge is 0.410 e. The Labute approximate surface area is 193 Å². The molecule has 33 heavy (non-hydrogen) atoms. The quantitative estimate of drug-likeness (QED) is 0.512. The lowest BCUT2D eigenvalue weighted by Crippen LogP contribution is -2.37. The number of nitrogens with zero attached hydrogens (tertiary/aromatic N) is 1. The standard InChI is InChI=1S/C26H25NO5S/c1-2-33(29,30)32-20-12-11-18-13-14-27(16-19(18)15-20)26(28)31-17-25-23-9-5-3-7-21(23)22-8-4-6-10-24(22)25/h3-12,15,25H,2,13-14,16-17H2,1H3. The largest absolute Gasteiger partial charge is 0.448 e. The van der Waals surface area contributed by atoms with Crippen LogP contribution >= 0.6 is 0 Å². The van der Waals surface area contributed by atoms with Gasteiger partial charge in [0.05, 0.1) is 5.75 Å². The van der Waals surface area contributed by atoms with Crippen LogP contribution in [0.2, 0.25) is 0 Å². The first-order valence-corrected chi connectivity index (χ1v) is 12.7. The minimum Gasteiger partial charge on any atom is -0.448 e. The van der Waals surface area contributed by atoms with E-state index in [4.69, 9.17) is 8.92 Å². The van der Waals surface area contributed by atoms with E-state index in [-0.39, 0.29) is 30.1 Å². The lowest BCUT2D eigenvalue weighted by atomic mass is 9.98. The van der Waals surface area contributed by atoms with Crippen LogP contribution in [0.3, 0.4) is 0 Å². The molecule has 1 heterocycles. The first-order chi connectivity index (χ1) is 15.9. The van der Waals surface area contributed by atoms with Crippen LogP contribution in [0.1, 0.15) is 35.1 Å². The van der Waals surface area contributed by atoms with Gasteiger partial charge in [-0.1, -0.05) is 54.6 Å². The van der Waals surface area contributed by atoms with Gasteiger partial charge < -0.3 is 13.8 Å². The Bertz CT molecular complexity index is 1270. The van der Waals surface area contributed by atoms with Crippen molar-refractivity contribution in [3.63, 3.8) is 0 Å². The van der Waals surface area contributed by atoms with Gasteiger partial charge in [-0.25, -0.2) is 4.79 Å². The van der Waals surface area contributed by atoms with E-state index in [0.29, 0.717) is 19.5 Å². The van der Waals surface area contributed by atoms with Crippen molar-refractivity contribution in [2.45, 2.75) is 25.8 Å². The first kappa shape index (κ1) is 21.5. The third-order valence-electron chi connectivity index (χ3n) is 6.36. The van der Waals surface area contributed by atoms with E-state index in [1.807, 2.05) is 30.3 Å². The summed E-state index contributed by atoms with van der Waals surface area (Å²) in [5.41, 5.74) is 6.69. The number of rotatable bonds is 5. The van der Waals surface area contributed by atoms with Crippen molar-refractivity contribution in [3.05, 3.63) is 89.0 Å². The third-order valence-corrected chi connectivity index (χ3v) is 7.51. The van der Waals surface area contributed by atoms with Crippen LogP contribution in [-0.2, 0) is 27.8 Å². The summed E-state index contributed by atoms with van der Waals surface area (Å²) in [5.74, 6) is 0.179. The van der Waals surface area contributed by atoms with Crippen LogP contribution in [0.4, 0.5) is 4.79 Å². The van der Waals surface area contributed by atoms with Gasteiger partial charge in [0.1, 0.15) is 12.4 Å². The lowest BCUT2D eigenvalue weighted by Gasteiger charge is -2.29. The highest BCUT2D eigenvalue weighted by molar-refractivity contribution is 7.87. The van der Waals surface area contributed by atoms with Gasteiger partial charge in [-0.3, -0.25) is 0 Å². The molecule has 5 rings (SSSR count). The highest BCUT2D eigenvalue weighted by atomic mass is 32.2.